The van der Waals surface area contributed by atoms with Crippen molar-refractivity contribution in [2.75, 3.05) is 0 Å². The fourth-order valence-corrected chi connectivity index (χ4v) is 6.41. The zero-order chi connectivity index (χ0) is 26.0. The van der Waals surface area contributed by atoms with Crippen LogP contribution in [0.4, 0.5) is 8.78 Å². The molecule has 0 aliphatic heterocycles. The van der Waals surface area contributed by atoms with E-state index in [2.05, 4.69) is 34.4 Å². The Morgan fingerprint density at radius 1 is 1.17 bits per heavy atom. The number of amides is 2. The van der Waals surface area contributed by atoms with Crippen molar-refractivity contribution < 1.29 is 23.5 Å². The molecule has 0 saturated heterocycles. The Labute approximate surface area is 210 Å². The normalized spacial score (nSPS) is 30.7. The van der Waals surface area contributed by atoms with Crippen molar-refractivity contribution in [1.82, 2.24) is 20.6 Å². The van der Waals surface area contributed by atoms with Crippen molar-refractivity contribution in [3.63, 3.8) is 0 Å². The van der Waals surface area contributed by atoms with E-state index in [9.17, 15) is 23.5 Å². The highest BCUT2D eigenvalue weighted by Gasteiger charge is 2.53. The van der Waals surface area contributed by atoms with Crippen molar-refractivity contribution >= 4 is 11.8 Å². The fourth-order valence-electron chi connectivity index (χ4n) is 6.41. The second kappa shape index (κ2) is 10.6. The van der Waals surface area contributed by atoms with Gasteiger partial charge in [0.25, 0.3) is 5.91 Å². The molecule has 7 atom stereocenters. The van der Waals surface area contributed by atoms with Crippen LogP contribution >= 0.6 is 0 Å². The van der Waals surface area contributed by atoms with Gasteiger partial charge in [0, 0.05) is 37.0 Å². The summed E-state index contributed by atoms with van der Waals surface area (Å²) >= 11 is 0. The Morgan fingerprint density at radius 3 is 2.53 bits per heavy atom. The van der Waals surface area contributed by atoms with E-state index in [4.69, 9.17) is 0 Å². The molecule has 36 heavy (non-hydrogen) atoms. The van der Waals surface area contributed by atoms with Crippen molar-refractivity contribution in [2.45, 2.75) is 65.1 Å². The van der Waals surface area contributed by atoms with Gasteiger partial charge in [-0.3, -0.25) is 14.6 Å². The minimum absolute atomic E-state index is 0.00676. The minimum Gasteiger partial charge on any atom is -0.392 e. The summed E-state index contributed by atoms with van der Waals surface area (Å²) < 4.78 is 26.9. The monoisotopic (exact) mass is 500 g/mol. The number of fused-ring (bicyclic) bond motifs is 1. The molecule has 1 aromatic carbocycles. The average molecular weight is 501 g/mol. The zero-order valence-electron chi connectivity index (χ0n) is 20.9. The topological polar surface area (TPSA) is 104 Å². The van der Waals surface area contributed by atoms with Gasteiger partial charge in [0.2, 0.25) is 5.91 Å². The summed E-state index contributed by atoms with van der Waals surface area (Å²) in [6, 6.07) is 3.04. The first-order valence-corrected chi connectivity index (χ1v) is 12.6. The van der Waals surface area contributed by atoms with Gasteiger partial charge in [0.15, 0.2) is 0 Å². The molecule has 0 bridgehead atoms. The van der Waals surface area contributed by atoms with E-state index < -0.39 is 23.7 Å². The summed E-state index contributed by atoms with van der Waals surface area (Å²) in [7, 11) is 0. The third-order valence-electron chi connectivity index (χ3n) is 8.44. The zero-order valence-corrected chi connectivity index (χ0v) is 20.9. The first kappa shape index (κ1) is 26.1. The van der Waals surface area contributed by atoms with Crippen LogP contribution in [0.5, 0.6) is 0 Å². The molecular weight excluding hydrogens is 466 g/mol. The highest BCUT2D eigenvalue weighted by atomic mass is 19.1. The van der Waals surface area contributed by atoms with E-state index in [0.717, 1.165) is 25.3 Å². The maximum absolute atomic E-state index is 13.5. The Balaban J connectivity index is 1.42. The third kappa shape index (κ3) is 5.40. The van der Waals surface area contributed by atoms with Gasteiger partial charge in [-0.05, 0) is 66.5 Å². The van der Waals surface area contributed by atoms with Crippen molar-refractivity contribution in [2.24, 2.45) is 29.1 Å². The SMILES string of the molecule is CC(C(=O)NCc1cc(F)cc(F)c1)C1CCC2(C)CCC(NC(=O)c3cnccn3)C(C)C2C1O. The molecule has 7 unspecified atom stereocenters. The molecule has 194 valence electrons. The number of carbonyl (C=O) groups is 2. The lowest BCUT2D eigenvalue weighted by Gasteiger charge is -2.56. The number of carbonyl (C=O) groups excluding carboxylic acids is 2. The first-order valence-electron chi connectivity index (χ1n) is 12.6. The quantitative estimate of drug-likeness (QED) is 0.562. The van der Waals surface area contributed by atoms with Crippen LogP contribution in [0.25, 0.3) is 0 Å². The molecule has 2 fully saturated rings. The highest BCUT2D eigenvalue weighted by molar-refractivity contribution is 5.92. The van der Waals surface area contributed by atoms with E-state index >= 15 is 0 Å². The molecule has 1 aromatic heterocycles. The van der Waals surface area contributed by atoms with Gasteiger partial charge in [-0.2, -0.15) is 0 Å². The Hall–Kier alpha value is -2.94. The summed E-state index contributed by atoms with van der Waals surface area (Å²) in [4.78, 5) is 33.7. The molecule has 2 aliphatic carbocycles. The summed E-state index contributed by atoms with van der Waals surface area (Å²) in [5.41, 5.74) is 0.509. The lowest BCUT2D eigenvalue weighted by atomic mass is 9.51. The molecule has 0 radical (unpaired) electrons. The largest absolute Gasteiger partial charge is 0.392 e. The van der Waals surface area contributed by atoms with Gasteiger partial charge >= 0.3 is 0 Å². The fraction of sp³-hybridized carbons (Fsp3) is 0.556. The molecule has 1 heterocycles. The molecule has 2 saturated carbocycles. The second-order valence-electron chi connectivity index (χ2n) is 10.7. The number of nitrogens with one attached hydrogen (secondary N) is 2. The van der Waals surface area contributed by atoms with Gasteiger partial charge in [-0.1, -0.05) is 20.8 Å². The molecular formula is C27H34F2N4O3. The Morgan fingerprint density at radius 2 is 1.86 bits per heavy atom. The lowest BCUT2D eigenvalue weighted by molar-refractivity contribution is -0.142. The number of aliphatic hydroxyl groups excluding tert-OH is 1. The number of hydrogen-bond donors (Lipinski definition) is 3. The number of hydrogen-bond acceptors (Lipinski definition) is 5. The number of benzene rings is 1. The van der Waals surface area contributed by atoms with Crippen LogP contribution in [0.3, 0.4) is 0 Å². The first-order chi connectivity index (χ1) is 17.1. The van der Waals surface area contributed by atoms with Gasteiger partial charge in [-0.25, -0.2) is 13.8 Å². The van der Waals surface area contributed by atoms with Gasteiger partial charge in [0.05, 0.1) is 12.3 Å². The van der Waals surface area contributed by atoms with E-state index in [0.29, 0.717) is 12.0 Å². The standard InChI is InChI=1S/C27H34F2N4O3/c1-15(25(35)32-13-17-10-18(28)12-19(29)11-17)20-4-6-27(3)7-5-21(16(2)23(27)24(20)34)33-26(36)22-14-30-8-9-31-22/h8-12,14-16,20-21,23-24,34H,4-7,13H2,1-3H3,(H,32,35)(H,33,36). The van der Waals surface area contributed by atoms with Crippen LogP contribution in [0, 0.1) is 40.7 Å². The van der Waals surface area contributed by atoms with E-state index in [1.54, 1.807) is 6.92 Å². The molecule has 9 heteroatoms. The molecule has 3 N–H and O–H groups in total. The summed E-state index contributed by atoms with van der Waals surface area (Å²) in [6.07, 6.45) is 6.95. The van der Waals surface area contributed by atoms with Gasteiger partial charge in [0.1, 0.15) is 17.3 Å². The predicted octanol–water partition coefficient (Wildman–Crippen LogP) is 3.63. The Kier molecular flexibility index (Phi) is 7.68. The van der Waals surface area contributed by atoms with E-state index in [1.807, 2.05) is 0 Å². The molecule has 4 rings (SSSR count). The van der Waals surface area contributed by atoms with Crippen LogP contribution in [-0.2, 0) is 11.3 Å². The molecule has 2 amide bonds. The van der Waals surface area contributed by atoms with Crippen LogP contribution in [0.15, 0.2) is 36.8 Å². The third-order valence-corrected chi connectivity index (χ3v) is 8.44. The van der Waals surface area contributed by atoms with Crippen molar-refractivity contribution in [3.8, 4) is 0 Å². The van der Waals surface area contributed by atoms with E-state index in [-0.39, 0.29) is 53.3 Å². The van der Waals surface area contributed by atoms with Crippen LogP contribution in [0.1, 0.15) is 62.5 Å². The van der Waals surface area contributed by atoms with Crippen LogP contribution in [0.2, 0.25) is 0 Å². The average Bonchev–Trinajstić information content (AvgIpc) is 2.84. The van der Waals surface area contributed by atoms with E-state index in [1.165, 1.54) is 30.7 Å². The molecule has 0 spiro atoms. The highest BCUT2D eigenvalue weighted by Crippen LogP contribution is 2.55. The predicted molar refractivity (Wildman–Crippen MR) is 129 cm³/mol. The van der Waals surface area contributed by atoms with Crippen molar-refractivity contribution in [3.05, 3.63) is 59.7 Å². The number of aliphatic hydroxyl groups is 1. The van der Waals surface area contributed by atoms with Gasteiger partial charge < -0.3 is 15.7 Å². The lowest BCUT2D eigenvalue weighted by Crippen LogP contribution is -2.58. The van der Waals surface area contributed by atoms with Crippen molar-refractivity contribution in [1.29, 1.82) is 0 Å². The number of nitrogens with zero attached hydrogens (tertiary/aromatic N) is 2. The number of halogens is 2. The summed E-state index contributed by atoms with van der Waals surface area (Å²) in [5.74, 6) is -2.77. The number of aromatic nitrogens is 2. The van der Waals surface area contributed by atoms with Gasteiger partial charge in [-0.15, -0.1) is 0 Å². The van der Waals surface area contributed by atoms with Crippen LogP contribution in [-0.4, -0.2) is 39.0 Å². The number of rotatable bonds is 6. The molecule has 2 aliphatic rings. The molecule has 2 aromatic rings. The second-order valence-corrected chi connectivity index (χ2v) is 10.7. The maximum atomic E-state index is 13.5. The molecule has 7 nitrogen and oxygen atoms in total. The minimum atomic E-state index is -0.720. The van der Waals surface area contributed by atoms with Crippen LogP contribution < -0.4 is 10.6 Å². The smallest absolute Gasteiger partial charge is 0.271 e. The summed E-state index contributed by atoms with van der Waals surface area (Å²) in [5, 5.41) is 17.4. The Bertz CT molecular complexity index is 1080. The summed E-state index contributed by atoms with van der Waals surface area (Å²) in [6.45, 7) is 6.05. The maximum Gasteiger partial charge on any atom is 0.271 e.